The zero-order valence-corrected chi connectivity index (χ0v) is 21.0. The fourth-order valence-electron chi connectivity index (χ4n) is 4.76. The van der Waals surface area contributed by atoms with E-state index in [0.717, 1.165) is 28.0 Å². The molecule has 2 aromatic carbocycles. The van der Waals surface area contributed by atoms with Crippen LogP contribution >= 0.6 is 23.1 Å². The minimum atomic E-state index is -0.879. The second-order valence-electron chi connectivity index (χ2n) is 8.76. The summed E-state index contributed by atoms with van der Waals surface area (Å²) in [5, 5.41) is 11.7. The van der Waals surface area contributed by atoms with Crippen molar-refractivity contribution in [1.82, 2.24) is 4.57 Å². The van der Waals surface area contributed by atoms with Gasteiger partial charge in [0.2, 0.25) is 17.7 Å². The smallest absolute Gasteiger partial charge is 0.308 e. The van der Waals surface area contributed by atoms with Gasteiger partial charge in [-0.15, -0.1) is 0 Å². The fraction of sp³-hybridized carbons (Fsp3) is 0.154. The fourth-order valence-corrected chi connectivity index (χ4v) is 7.52. The summed E-state index contributed by atoms with van der Waals surface area (Å²) >= 11 is 1.98. The summed E-state index contributed by atoms with van der Waals surface area (Å²) in [7, 11) is 0. The lowest BCUT2D eigenvalue weighted by molar-refractivity contribution is -0.122. The van der Waals surface area contributed by atoms with E-state index in [1.54, 1.807) is 12.1 Å². The average Bonchev–Trinajstić information content (AvgIpc) is 3.59. The molecule has 2 aliphatic heterocycles. The topological polar surface area (TPSA) is 122 Å². The molecule has 0 radical (unpaired) electrons. The van der Waals surface area contributed by atoms with E-state index >= 15 is 0 Å². The predicted octanol–water partition coefficient (Wildman–Crippen LogP) is 3.78. The lowest BCUT2D eigenvalue weighted by Gasteiger charge is -2.29. The number of fused-ring (bicyclic) bond motifs is 2. The van der Waals surface area contributed by atoms with Gasteiger partial charge in [0.05, 0.1) is 33.7 Å². The number of nitrogens with zero attached hydrogens (tertiary/aromatic N) is 2. The number of phenolic OH excluding ortho intramolecular Hbond substituents is 1. The Hall–Kier alpha value is -4.16. The highest BCUT2D eigenvalue weighted by atomic mass is 32.2. The van der Waals surface area contributed by atoms with Gasteiger partial charge in [0, 0.05) is 5.69 Å². The maximum atomic E-state index is 13.6. The lowest BCUT2D eigenvalue weighted by atomic mass is 9.87. The molecular weight excluding hydrogens is 533 g/mol. The van der Waals surface area contributed by atoms with Gasteiger partial charge in [-0.05, 0) is 60.7 Å². The van der Waals surface area contributed by atoms with Crippen LogP contribution in [0.4, 0.5) is 15.8 Å². The molecule has 0 bridgehead atoms. The van der Waals surface area contributed by atoms with Crippen molar-refractivity contribution in [3.05, 3.63) is 93.0 Å². The highest BCUT2D eigenvalue weighted by Crippen LogP contribution is 2.53. The summed E-state index contributed by atoms with van der Waals surface area (Å²) in [4.78, 5) is 54.2. The molecule has 4 heterocycles. The number of halogens is 1. The van der Waals surface area contributed by atoms with Crippen LogP contribution in [0.25, 0.3) is 0 Å². The molecule has 12 heteroatoms. The van der Waals surface area contributed by atoms with Crippen LogP contribution in [0.2, 0.25) is 0 Å². The SMILES string of the molecule is O=C(Cn1c2c(sc1=O)[C@@H](c1ccco1)[C@@H]1C(=O)N(c3ccc(F)cc3)C(=O)[C@@H]1S2)Nc1ccc(O)cc1. The maximum Gasteiger partial charge on any atom is 0.308 e. The number of aromatic hydroxyl groups is 1. The molecule has 1 fully saturated rings. The third-order valence-corrected chi connectivity index (χ3v) is 9.04. The molecular formula is C26H18FN3O6S2. The lowest BCUT2D eigenvalue weighted by Crippen LogP contribution is -2.32. The van der Waals surface area contributed by atoms with Crippen molar-refractivity contribution >= 4 is 52.2 Å². The number of hydrogen-bond donors (Lipinski definition) is 2. The summed E-state index contributed by atoms with van der Waals surface area (Å²) in [6, 6.07) is 14.3. The summed E-state index contributed by atoms with van der Waals surface area (Å²) in [6.45, 7) is -0.315. The van der Waals surface area contributed by atoms with Crippen LogP contribution in [0.3, 0.4) is 0 Å². The Morgan fingerprint density at radius 1 is 1.03 bits per heavy atom. The van der Waals surface area contributed by atoms with E-state index in [9.17, 15) is 28.7 Å². The van der Waals surface area contributed by atoms with Crippen molar-refractivity contribution in [1.29, 1.82) is 0 Å². The third kappa shape index (κ3) is 4.02. The molecule has 3 amide bonds. The number of anilines is 2. The molecule has 1 saturated heterocycles. The molecule has 38 heavy (non-hydrogen) atoms. The van der Waals surface area contributed by atoms with E-state index < -0.39 is 45.5 Å². The van der Waals surface area contributed by atoms with Crippen LogP contribution in [0.1, 0.15) is 16.6 Å². The van der Waals surface area contributed by atoms with Gasteiger partial charge in [-0.3, -0.25) is 23.7 Å². The zero-order chi connectivity index (χ0) is 26.6. The van der Waals surface area contributed by atoms with Gasteiger partial charge in [0.1, 0.15) is 29.1 Å². The Morgan fingerprint density at radius 2 is 1.76 bits per heavy atom. The van der Waals surface area contributed by atoms with Gasteiger partial charge >= 0.3 is 4.87 Å². The summed E-state index contributed by atoms with van der Waals surface area (Å²) < 4.78 is 20.5. The van der Waals surface area contributed by atoms with Crippen LogP contribution in [-0.2, 0) is 20.9 Å². The van der Waals surface area contributed by atoms with Crippen LogP contribution in [0.5, 0.6) is 5.75 Å². The first-order valence-corrected chi connectivity index (χ1v) is 13.2. The van der Waals surface area contributed by atoms with Crippen LogP contribution in [0.15, 0.2) is 81.2 Å². The highest BCUT2D eigenvalue weighted by molar-refractivity contribution is 8.00. The number of furan rings is 1. The third-order valence-electron chi connectivity index (χ3n) is 6.44. The predicted molar refractivity (Wildman–Crippen MR) is 138 cm³/mol. The minimum absolute atomic E-state index is 0.0477. The van der Waals surface area contributed by atoms with Crippen LogP contribution < -0.4 is 15.1 Å². The number of carbonyl (C=O) groups excluding carboxylic acids is 3. The number of phenols is 1. The van der Waals surface area contributed by atoms with Gasteiger partial charge < -0.3 is 14.8 Å². The molecule has 0 unspecified atom stereocenters. The normalized spacial score (nSPS) is 20.3. The van der Waals surface area contributed by atoms with Crippen molar-refractivity contribution in [2.45, 2.75) is 22.7 Å². The van der Waals surface area contributed by atoms with E-state index in [4.69, 9.17) is 4.42 Å². The second kappa shape index (κ2) is 9.30. The van der Waals surface area contributed by atoms with E-state index in [-0.39, 0.29) is 18.0 Å². The molecule has 2 aliphatic rings. The zero-order valence-electron chi connectivity index (χ0n) is 19.4. The second-order valence-corrected chi connectivity index (χ2v) is 10.9. The van der Waals surface area contributed by atoms with E-state index in [2.05, 4.69) is 5.32 Å². The quantitative estimate of drug-likeness (QED) is 0.286. The standard InChI is InChI=1S/C26H18FN3O6S2/c27-13-3-7-15(8-4-13)30-23(33)20-19(17-2-1-11-36-17)22-25(37-21(20)24(30)34)29(26(35)38-22)12-18(32)28-14-5-9-16(31)10-6-14/h1-11,19-21,31H,12H2,(H,28,32)/t19-,20-,21+/m0/s1. The molecule has 6 rings (SSSR count). The molecule has 2 N–H and O–H groups in total. The maximum absolute atomic E-state index is 13.6. The van der Waals surface area contributed by atoms with Crippen LogP contribution in [0, 0.1) is 11.7 Å². The van der Waals surface area contributed by atoms with Crippen molar-refractivity contribution < 1.29 is 28.3 Å². The number of rotatable bonds is 5. The number of thiazole rings is 1. The number of amides is 3. The number of thioether (sulfide) groups is 1. The number of hydrogen-bond acceptors (Lipinski definition) is 8. The number of carbonyl (C=O) groups is 3. The molecule has 9 nitrogen and oxygen atoms in total. The van der Waals surface area contributed by atoms with Gasteiger partial charge in [-0.2, -0.15) is 0 Å². The van der Waals surface area contributed by atoms with E-state index in [0.29, 0.717) is 21.4 Å². The summed E-state index contributed by atoms with van der Waals surface area (Å²) in [5.41, 5.74) is 0.696. The van der Waals surface area contributed by atoms with Gasteiger partial charge in [-0.1, -0.05) is 23.1 Å². The number of aromatic nitrogens is 1. The Balaban J connectivity index is 1.38. The molecule has 0 saturated carbocycles. The number of nitrogens with one attached hydrogen (secondary N) is 1. The minimum Gasteiger partial charge on any atom is -0.508 e. The first-order valence-electron chi connectivity index (χ1n) is 11.5. The molecule has 192 valence electrons. The van der Waals surface area contributed by atoms with Crippen molar-refractivity contribution in [3.8, 4) is 5.75 Å². The summed E-state index contributed by atoms with van der Waals surface area (Å²) in [5.74, 6) is -3.03. The van der Waals surface area contributed by atoms with Gasteiger partial charge in [-0.25, -0.2) is 9.29 Å². The Labute approximate surface area is 222 Å². The molecule has 2 aromatic heterocycles. The number of benzene rings is 2. The Bertz CT molecular complexity index is 1610. The molecule has 0 aliphatic carbocycles. The average molecular weight is 552 g/mol. The van der Waals surface area contributed by atoms with Crippen molar-refractivity contribution in [3.63, 3.8) is 0 Å². The summed E-state index contributed by atoms with van der Waals surface area (Å²) in [6.07, 6.45) is 1.45. The Kier molecular flexibility index (Phi) is 5.92. The Morgan fingerprint density at radius 3 is 2.45 bits per heavy atom. The number of imide groups is 1. The first-order chi connectivity index (χ1) is 18.3. The van der Waals surface area contributed by atoms with Crippen molar-refractivity contribution in [2.24, 2.45) is 5.92 Å². The monoisotopic (exact) mass is 551 g/mol. The molecule has 0 spiro atoms. The largest absolute Gasteiger partial charge is 0.508 e. The molecule has 4 aromatic rings. The van der Waals surface area contributed by atoms with Crippen molar-refractivity contribution in [2.75, 3.05) is 10.2 Å². The van der Waals surface area contributed by atoms with Crippen LogP contribution in [-0.4, -0.2) is 32.6 Å². The van der Waals surface area contributed by atoms with Gasteiger partial charge in [0.25, 0.3) is 0 Å². The first kappa shape index (κ1) is 24.2. The molecule has 3 atom stereocenters. The highest BCUT2D eigenvalue weighted by Gasteiger charge is 2.57. The van der Waals surface area contributed by atoms with E-state index in [1.807, 2.05) is 0 Å². The van der Waals surface area contributed by atoms with E-state index in [1.165, 1.54) is 59.4 Å². The van der Waals surface area contributed by atoms with Gasteiger partial charge in [0.15, 0.2) is 0 Å².